The van der Waals surface area contributed by atoms with Crippen LogP contribution in [0, 0.1) is 11.3 Å². The Balaban J connectivity index is 1.34. The van der Waals surface area contributed by atoms with Crippen LogP contribution >= 0.6 is 0 Å². The quantitative estimate of drug-likeness (QED) is 0.862. The molecule has 2 aliphatic heterocycles. The van der Waals surface area contributed by atoms with Crippen molar-refractivity contribution in [2.45, 2.75) is 76.3 Å². The van der Waals surface area contributed by atoms with Crippen molar-refractivity contribution in [3.63, 3.8) is 0 Å². The van der Waals surface area contributed by atoms with Crippen LogP contribution in [0.5, 0.6) is 0 Å². The molecule has 2 saturated heterocycles. The van der Waals surface area contributed by atoms with Gasteiger partial charge in [-0.2, -0.15) is 0 Å². The van der Waals surface area contributed by atoms with Crippen LogP contribution in [0.15, 0.2) is 6.33 Å². The van der Waals surface area contributed by atoms with Gasteiger partial charge in [0.25, 0.3) is 0 Å². The molecule has 4 fully saturated rings. The molecule has 28 heavy (non-hydrogen) atoms. The van der Waals surface area contributed by atoms with Crippen molar-refractivity contribution in [3.8, 4) is 0 Å². The summed E-state index contributed by atoms with van der Waals surface area (Å²) < 4.78 is 7.95. The Bertz CT molecular complexity index is 689. The van der Waals surface area contributed by atoms with E-state index in [1.807, 2.05) is 6.33 Å². The molecule has 1 N–H and O–H groups in total. The van der Waals surface area contributed by atoms with Crippen LogP contribution in [0.4, 0.5) is 4.79 Å². The number of urea groups is 1. The van der Waals surface area contributed by atoms with E-state index in [-0.39, 0.29) is 17.4 Å². The van der Waals surface area contributed by atoms with Gasteiger partial charge in [0.2, 0.25) is 0 Å². The first-order valence-electron chi connectivity index (χ1n) is 11.2. The summed E-state index contributed by atoms with van der Waals surface area (Å²) in [6, 6.07) is 0.470. The minimum atomic E-state index is 0.0799. The zero-order chi connectivity index (χ0) is 19.0. The van der Waals surface area contributed by atoms with Gasteiger partial charge in [-0.1, -0.05) is 19.3 Å². The summed E-state index contributed by atoms with van der Waals surface area (Å²) in [5.41, 5.74) is 0.0799. The molecule has 1 atom stereocenters. The first-order valence-corrected chi connectivity index (χ1v) is 11.2. The third kappa shape index (κ3) is 3.65. The Hall–Kier alpha value is -1.63. The minimum absolute atomic E-state index is 0.0799. The highest BCUT2D eigenvalue weighted by molar-refractivity contribution is 5.75. The molecule has 0 bridgehead atoms. The number of amides is 2. The summed E-state index contributed by atoms with van der Waals surface area (Å²) in [4.78, 5) is 15.1. The van der Waals surface area contributed by atoms with Gasteiger partial charge in [0.05, 0.1) is 0 Å². The summed E-state index contributed by atoms with van der Waals surface area (Å²) in [7, 11) is 0. The topological polar surface area (TPSA) is 72.3 Å². The Morgan fingerprint density at radius 3 is 2.71 bits per heavy atom. The van der Waals surface area contributed by atoms with Crippen LogP contribution in [-0.2, 0) is 11.3 Å². The molecule has 4 aliphatic rings. The molecule has 5 rings (SSSR count). The second-order valence-corrected chi connectivity index (χ2v) is 9.48. The van der Waals surface area contributed by atoms with E-state index in [0.717, 1.165) is 70.3 Å². The highest BCUT2D eigenvalue weighted by atomic mass is 16.5. The van der Waals surface area contributed by atoms with E-state index in [9.17, 15) is 4.79 Å². The van der Waals surface area contributed by atoms with Crippen molar-refractivity contribution < 1.29 is 9.53 Å². The van der Waals surface area contributed by atoms with E-state index < -0.39 is 0 Å². The predicted octanol–water partition coefficient (Wildman–Crippen LogP) is 2.93. The second-order valence-electron chi connectivity index (χ2n) is 9.48. The van der Waals surface area contributed by atoms with E-state index in [1.54, 1.807) is 0 Å². The fourth-order valence-corrected chi connectivity index (χ4v) is 5.53. The summed E-state index contributed by atoms with van der Waals surface area (Å²) in [5, 5.41) is 12.1. The van der Waals surface area contributed by atoms with Crippen molar-refractivity contribution in [1.29, 1.82) is 0 Å². The van der Waals surface area contributed by atoms with Gasteiger partial charge in [-0.05, 0) is 44.4 Å². The summed E-state index contributed by atoms with van der Waals surface area (Å²) in [6.45, 7) is 4.16. The number of likely N-dealkylation sites (tertiary alicyclic amines) is 1. The maximum Gasteiger partial charge on any atom is 0.317 e. The summed E-state index contributed by atoms with van der Waals surface area (Å²) in [5.74, 6) is 2.13. The number of carbonyl (C=O) groups excluding carboxylic acids is 1. The molecule has 7 nitrogen and oxygen atoms in total. The molecule has 1 aromatic heterocycles. The van der Waals surface area contributed by atoms with E-state index in [0.29, 0.717) is 6.04 Å². The molecular weight excluding hydrogens is 354 g/mol. The lowest BCUT2D eigenvalue weighted by Gasteiger charge is -2.37. The Labute approximate surface area is 167 Å². The van der Waals surface area contributed by atoms with Gasteiger partial charge in [0.1, 0.15) is 12.2 Å². The first-order chi connectivity index (χ1) is 13.7. The maximum atomic E-state index is 13.1. The number of ether oxygens (including phenoxy) is 1. The fourth-order valence-electron chi connectivity index (χ4n) is 5.53. The van der Waals surface area contributed by atoms with Crippen molar-refractivity contribution >= 4 is 6.03 Å². The SMILES string of the molecule is O=C(NC1CCCCC1)N1CC(c2nncn2CC2CC2)C2(CCOCC2)C1. The van der Waals surface area contributed by atoms with Crippen molar-refractivity contribution in [2.24, 2.45) is 11.3 Å². The van der Waals surface area contributed by atoms with Crippen LogP contribution in [-0.4, -0.2) is 58.0 Å². The lowest BCUT2D eigenvalue weighted by atomic mass is 9.71. The molecule has 0 aromatic carbocycles. The van der Waals surface area contributed by atoms with Crippen molar-refractivity contribution in [2.75, 3.05) is 26.3 Å². The largest absolute Gasteiger partial charge is 0.381 e. The standard InChI is InChI=1S/C21H33N5O2/c27-20(23-17-4-2-1-3-5-17)25-13-18(21(14-25)8-10-28-11-9-21)19-24-22-15-26(19)12-16-6-7-16/h15-18H,1-14H2,(H,23,27). The number of hydrogen-bond acceptors (Lipinski definition) is 4. The fraction of sp³-hybridized carbons (Fsp3) is 0.857. The summed E-state index contributed by atoms with van der Waals surface area (Å²) in [6.07, 6.45) is 12.5. The third-order valence-electron chi connectivity index (χ3n) is 7.47. The molecule has 2 aliphatic carbocycles. The number of aromatic nitrogens is 3. The Morgan fingerprint density at radius 1 is 1.18 bits per heavy atom. The summed E-state index contributed by atoms with van der Waals surface area (Å²) >= 11 is 0. The first kappa shape index (κ1) is 18.4. The van der Waals surface area contributed by atoms with Crippen LogP contribution in [0.2, 0.25) is 0 Å². The van der Waals surface area contributed by atoms with Crippen LogP contribution in [0.3, 0.4) is 0 Å². The van der Waals surface area contributed by atoms with Crippen LogP contribution in [0.1, 0.15) is 69.5 Å². The van der Waals surface area contributed by atoms with Gasteiger partial charge in [-0.3, -0.25) is 0 Å². The number of nitrogens with one attached hydrogen (secondary N) is 1. The second kappa shape index (κ2) is 7.65. The zero-order valence-electron chi connectivity index (χ0n) is 16.8. The van der Waals surface area contributed by atoms with Crippen LogP contribution in [0.25, 0.3) is 0 Å². The van der Waals surface area contributed by atoms with Gasteiger partial charge in [0.15, 0.2) is 0 Å². The minimum Gasteiger partial charge on any atom is -0.381 e. The number of rotatable bonds is 4. The van der Waals surface area contributed by atoms with Gasteiger partial charge in [0, 0.05) is 50.2 Å². The Kier molecular flexibility index (Phi) is 5.03. The van der Waals surface area contributed by atoms with E-state index in [1.165, 1.54) is 32.1 Å². The van der Waals surface area contributed by atoms with Gasteiger partial charge < -0.3 is 19.5 Å². The smallest absolute Gasteiger partial charge is 0.317 e. The van der Waals surface area contributed by atoms with Crippen LogP contribution < -0.4 is 5.32 Å². The number of nitrogens with zero attached hydrogens (tertiary/aromatic N) is 4. The molecule has 154 valence electrons. The Morgan fingerprint density at radius 2 is 1.96 bits per heavy atom. The van der Waals surface area contributed by atoms with Gasteiger partial charge in [-0.15, -0.1) is 10.2 Å². The average Bonchev–Trinajstić information content (AvgIpc) is 3.30. The van der Waals surface area contributed by atoms with Gasteiger partial charge in [-0.25, -0.2) is 4.79 Å². The highest BCUT2D eigenvalue weighted by Crippen LogP contribution is 2.49. The molecule has 1 aromatic rings. The third-order valence-corrected chi connectivity index (χ3v) is 7.47. The van der Waals surface area contributed by atoms with E-state index in [4.69, 9.17) is 4.74 Å². The van der Waals surface area contributed by atoms with Gasteiger partial charge >= 0.3 is 6.03 Å². The maximum absolute atomic E-state index is 13.1. The molecule has 0 radical (unpaired) electrons. The average molecular weight is 388 g/mol. The zero-order valence-corrected chi connectivity index (χ0v) is 16.8. The molecule has 2 amide bonds. The lowest BCUT2D eigenvalue weighted by molar-refractivity contribution is 0.0118. The molecular formula is C21H33N5O2. The normalized spacial score (nSPS) is 28.0. The predicted molar refractivity (Wildman–Crippen MR) is 105 cm³/mol. The van der Waals surface area contributed by atoms with E-state index >= 15 is 0 Å². The number of hydrogen-bond donors (Lipinski definition) is 1. The molecule has 7 heteroatoms. The molecule has 2 saturated carbocycles. The molecule has 1 unspecified atom stereocenters. The molecule has 3 heterocycles. The number of carbonyl (C=O) groups is 1. The monoisotopic (exact) mass is 387 g/mol. The van der Waals surface area contributed by atoms with E-state index in [2.05, 4.69) is 25.0 Å². The van der Waals surface area contributed by atoms with Crippen molar-refractivity contribution in [3.05, 3.63) is 12.2 Å². The molecule has 1 spiro atoms. The van der Waals surface area contributed by atoms with Crippen molar-refractivity contribution in [1.82, 2.24) is 25.0 Å². The lowest BCUT2D eigenvalue weighted by Crippen LogP contribution is -2.45. The highest BCUT2D eigenvalue weighted by Gasteiger charge is 2.51.